The monoisotopic (exact) mass is 466 g/mol. The number of likely N-dealkylation sites (tertiary alicyclic amines) is 1. The van der Waals surface area contributed by atoms with Gasteiger partial charge in [0.15, 0.2) is 0 Å². The highest BCUT2D eigenvalue weighted by Gasteiger charge is 2.38. The maximum atomic E-state index is 13.0. The van der Waals surface area contributed by atoms with Crippen molar-refractivity contribution < 1.29 is 24.2 Å². The van der Waals surface area contributed by atoms with Crippen molar-refractivity contribution in [2.75, 3.05) is 26.3 Å². The first kappa shape index (κ1) is 24.1. The zero-order valence-corrected chi connectivity index (χ0v) is 20.1. The number of amides is 2. The van der Waals surface area contributed by atoms with E-state index in [2.05, 4.69) is 29.6 Å². The van der Waals surface area contributed by atoms with Gasteiger partial charge in [0, 0.05) is 19.0 Å². The van der Waals surface area contributed by atoms with E-state index in [0.29, 0.717) is 19.5 Å². The second-order valence-corrected chi connectivity index (χ2v) is 10.0. The summed E-state index contributed by atoms with van der Waals surface area (Å²) in [7, 11) is 0. The second kappa shape index (κ2) is 10.1. The van der Waals surface area contributed by atoms with E-state index in [9.17, 15) is 14.7 Å². The lowest BCUT2D eigenvalue weighted by Crippen LogP contribution is -2.42. The molecular formula is C27H34N2O5. The Balaban J connectivity index is 1.33. The highest BCUT2D eigenvalue weighted by Crippen LogP contribution is 2.44. The molecule has 0 spiro atoms. The summed E-state index contributed by atoms with van der Waals surface area (Å²) in [6.45, 7) is 6.52. The number of alkyl carbamates (subject to hydrolysis) is 1. The molecule has 1 heterocycles. The highest BCUT2D eigenvalue weighted by atomic mass is 16.6. The number of carbonyl (C=O) groups is 2. The molecule has 34 heavy (non-hydrogen) atoms. The minimum atomic E-state index is -0.550. The Hall–Kier alpha value is -3.06. The van der Waals surface area contributed by atoms with E-state index in [-0.39, 0.29) is 31.1 Å². The predicted molar refractivity (Wildman–Crippen MR) is 130 cm³/mol. The lowest BCUT2D eigenvalue weighted by molar-refractivity contribution is 0.0518. The third kappa shape index (κ3) is 5.20. The van der Waals surface area contributed by atoms with Crippen molar-refractivity contribution >= 4 is 12.2 Å². The van der Waals surface area contributed by atoms with Crippen LogP contribution in [0.4, 0.5) is 9.59 Å². The molecule has 0 radical (unpaired) electrons. The molecule has 2 amide bonds. The Labute approximate surface area is 201 Å². The summed E-state index contributed by atoms with van der Waals surface area (Å²) in [6, 6.07) is 16.1. The summed E-state index contributed by atoms with van der Waals surface area (Å²) >= 11 is 0. The van der Waals surface area contributed by atoms with Gasteiger partial charge in [-0.05, 0) is 61.8 Å². The van der Waals surface area contributed by atoms with Crippen LogP contribution < -0.4 is 5.32 Å². The summed E-state index contributed by atoms with van der Waals surface area (Å²) in [5.41, 5.74) is 4.16. The van der Waals surface area contributed by atoms with Crippen LogP contribution in [0.5, 0.6) is 0 Å². The van der Waals surface area contributed by atoms with Crippen molar-refractivity contribution in [3.05, 3.63) is 59.7 Å². The smallest absolute Gasteiger partial charge is 0.410 e. The second-order valence-electron chi connectivity index (χ2n) is 10.0. The SMILES string of the molecule is CC(C)(C)OC(=O)NCC[C@H]1CCN(C(=O)OCC2c3ccccc3-c3ccccc32)[C@@H]1CO. The van der Waals surface area contributed by atoms with Gasteiger partial charge < -0.3 is 24.8 Å². The molecule has 0 saturated carbocycles. The van der Waals surface area contributed by atoms with Gasteiger partial charge in [0.25, 0.3) is 0 Å². The van der Waals surface area contributed by atoms with Crippen molar-refractivity contribution in [2.24, 2.45) is 5.92 Å². The minimum Gasteiger partial charge on any atom is -0.448 e. The number of nitrogens with zero attached hydrogens (tertiary/aromatic N) is 1. The number of hydrogen-bond acceptors (Lipinski definition) is 5. The van der Waals surface area contributed by atoms with Crippen molar-refractivity contribution in [1.82, 2.24) is 10.2 Å². The minimum absolute atomic E-state index is 0.000329. The molecule has 0 aromatic heterocycles. The summed E-state index contributed by atoms with van der Waals surface area (Å²) in [5, 5.41) is 12.8. The Morgan fingerprint density at radius 1 is 1.06 bits per heavy atom. The molecule has 1 fully saturated rings. The fraction of sp³-hybridized carbons (Fsp3) is 0.481. The standard InChI is InChI=1S/C27H34N2O5/c1-27(2,3)34-25(31)28-14-12-18-13-15-29(24(18)16-30)26(32)33-17-23-21-10-6-4-8-19(21)20-9-5-7-11-22(20)23/h4-11,18,23-24,30H,12-17H2,1-3H3,(H,28,31)/t18-,24+/m0/s1. The molecule has 0 unspecified atom stereocenters. The molecule has 2 aromatic carbocycles. The van der Waals surface area contributed by atoms with E-state index in [1.165, 1.54) is 22.3 Å². The van der Waals surface area contributed by atoms with E-state index in [4.69, 9.17) is 9.47 Å². The van der Waals surface area contributed by atoms with Crippen LogP contribution in [-0.2, 0) is 9.47 Å². The first-order chi connectivity index (χ1) is 16.3. The Morgan fingerprint density at radius 2 is 1.68 bits per heavy atom. The van der Waals surface area contributed by atoms with Gasteiger partial charge in [0.05, 0.1) is 12.6 Å². The molecule has 1 aliphatic carbocycles. The molecule has 7 nitrogen and oxygen atoms in total. The van der Waals surface area contributed by atoms with Gasteiger partial charge in [0.1, 0.15) is 12.2 Å². The number of hydrogen-bond donors (Lipinski definition) is 2. The maximum absolute atomic E-state index is 13.0. The van der Waals surface area contributed by atoms with E-state index in [1.54, 1.807) is 4.90 Å². The lowest BCUT2D eigenvalue weighted by Gasteiger charge is -2.27. The summed E-state index contributed by atoms with van der Waals surface area (Å²) in [5.74, 6) is 0.0841. The zero-order valence-electron chi connectivity index (χ0n) is 20.1. The first-order valence-corrected chi connectivity index (χ1v) is 12.0. The fourth-order valence-corrected chi connectivity index (χ4v) is 5.08. The molecular weight excluding hydrogens is 432 g/mol. The van der Waals surface area contributed by atoms with Gasteiger partial charge in [-0.2, -0.15) is 0 Å². The van der Waals surface area contributed by atoms with Crippen LogP contribution in [0.25, 0.3) is 11.1 Å². The number of carbonyl (C=O) groups excluding carboxylic acids is 2. The third-order valence-corrected chi connectivity index (χ3v) is 6.63. The van der Waals surface area contributed by atoms with Crippen LogP contribution in [0.1, 0.15) is 50.7 Å². The zero-order chi connectivity index (χ0) is 24.3. The van der Waals surface area contributed by atoms with Crippen molar-refractivity contribution in [3.8, 4) is 11.1 Å². The number of benzene rings is 2. The van der Waals surface area contributed by atoms with Gasteiger partial charge in [0.2, 0.25) is 0 Å². The normalized spacial score (nSPS) is 19.5. The van der Waals surface area contributed by atoms with E-state index >= 15 is 0 Å². The van der Waals surface area contributed by atoms with Gasteiger partial charge in [-0.3, -0.25) is 0 Å². The number of rotatable bonds is 6. The van der Waals surface area contributed by atoms with E-state index in [1.807, 2.05) is 45.0 Å². The lowest BCUT2D eigenvalue weighted by atomic mass is 9.97. The molecule has 2 N–H and O–H groups in total. The third-order valence-electron chi connectivity index (χ3n) is 6.63. The quantitative estimate of drug-likeness (QED) is 0.653. The molecule has 1 saturated heterocycles. The molecule has 2 aromatic rings. The first-order valence-electron chi connectivity index (χ1n) is 12.0. The maximum Gasteiger partial charge on any atom is 0.410 e. The van der Waals surface area contributed by atoms with Crippen LogP contribution in [-0.4, -0.2) is 60.1 Å². The van der Waals surface area contributed by atoms with Crippen LogP contribution in [0.3, 0.4) is 0 Å². The summed E-state index contributed by atoms with van der Waals surface area (Å²) in [6.07, 6.45) is 0.547. The van der Waals surface area contributed by atoms with E-state index in [0.717, 1.165) is 6.42 Å². The Morgan fingerprint density at radius 3 is 2.26 bits per heavy atom. The number of fused-ring (bicyclic) bond motifs is 3. The Kier molecular flexibility index (Phi) is 7.12. The molecule has 1 aliphatic heterocycles. The molecule has 2 atom stereocenters. The molecule has 0 bridgehead atoms. The predicted octanol–water partition coefficient (Wildman–Crippen LogP) is 4.53. The number of aliphatic hydroxyl groups is 1. The molecule has 2 aliphatic rings. The fourth-order valence-electron chi connectivity index (χ4n) is 5.08. The van der Waals surface area contributed by atoms with E-state index < -0.39 is 17.8 Å². The average molecular weight is 467 g/mol. The van der Waals surface area contributed by atoms with Gasteiger partial charge in [-0.15, -0.1) is 0 Å². The summed E-state index contributed by atoms with van der Waals surface area (Å²) in [4.78, 5) is 26.5. The average Bonchev–Trinajstić information content (AvgIpc) is 3.35. The summed E-state index contributed by atoms with van der Waals surface area (Å²) < 4.78 is 11.0. The van der Waals surface area contributed by atoms with Crippen molar-refractivity contribution in [2.45, 2.75) is 51.2 Å². The van der Waals surface area contributed by atoms with Gasteiger partial charge >= 0.3 is 12.2 Å². The Bertz CT molecular complexity index is 986. The highest BCUT2D eigenvalue weighted by molar-refractivity contribution is 5.79. The largest absolute Gasteiger partial charge is 0.448 e. The topological polar surface area (TPSA) is 88.1 Å². The number of aliphatic hydroxyl groups excluding tert-OH is 1. The molecule has 7 heteroatoms. The van der Waals surface area contributed by atoms with Crippen molar-refractivity contribution in [1.29, 1.82) is 0 Å². The molecule has 182 valence electrons. The number of ether oxygens (including phenoxy) is 2. The van der Waals surface area contributed by atoms with Crippen LogP contribution >= 0.6 is 0 Å². The van der Waals surface area contributed by atoms with Gasteiger partial charge in [-0.25, -0.2) is 9.59 Å². The molecule has 4 rings (SSSR count). The van der Waals surface area contributed by atoms with Crippen LogP contribution in [0, 0.1) is 5.92 Å². The van der Waals surface area contributed by atoms with Crippen LogP contribution in [0.2, 0.25) is 0 Å². The van der Waals surface area contributed by atoms with Crippen molar-refractivity contribution in [3.63, 3.8) is 0 Å². The van der Waals surface area contributed by atoms with Gasteiger partial charge in [-0.1, -0.05) is 48.5 Å². The van der Waals surface area contributed by atoms with Crippen LogP contribution in [0.15, 0.2) is 48.5 Å². The number of nitrogens with one attached hydrogen (secondary N) is 1.